The number of ether oxygens (including phenoxy) is 1. The first-order chi connectivity index (χ1) is 12.5. The molecule has 1 aromatic carbocycles. The number of carbonyl (C=O) groups excluding carboxylic acids is 1. The molecule has 1 fully saturated rings. The molecule has 2 N–H and O–H groups in total. The molecule has 0 bridgehead atoms. The van der Waals surface area contributed by atoms with Gasteiger partial charge in [0, 0.05) is 11.6 Å². The fourth-order valence-electron chi connectivity index (χ4n) is 3.30. The van der Waals surface area contributed by atoms with Gasteiger partial charge in [-0.05, 0) is 32.4 Å². The van der Waals surface area contributed by atoms with Gasteiger partial charge in [0.05, 0.1) is 19.3 Å². The molecule has 0 unspecified atom stereocenters. The minimum atomic E-state index is -1.03. The van der Waals surface area contributed by atoms with Gasteiger partial charge < -0.3 is 15.2 Å². The van der Waals surface area contributed by atoms with Gasteiger partial charge in [-0.2, -0.15) is 0 Å². The number of anilines is 1. The van der Waals surface area contributed by atoms with Crippen LogP contribution < -0.4 is 10.1 Å². The summed E-state index contributed by atoms with van der Waals surface area (Å²) in [7, 11) is 1.65. The number of benzene rings is 1. The van der Waals surface area contributed by atoms with Crippen LogP contribution in [0.2, 0.25) is 0 Å². The molecule has 0 radical (unpaired) electrons. The van der Waals surface area contributed by atoms with Crippen LogP contribution in [0.25, 0.3) is 0 Å². The molecule has 3 rings (SSSR count). The second-order valence-corrected chi connectivity index (χ2v) is 7.16. The minimum Gasteiger partial charge on any atom is -0.496 e. The molecule has 1 aliphatic heterocycles. The van der Waals surface area contributed by atoms with Gasteiger partial charge in [0.25, 0.3) is 0 Å². The highest BCUT2D eigenvalue weighted by Gasteiger charge is 2.29. The van der Waals surface area contributed by atoms with Gasteiger partial charge in [-0.25, -0.2) is 9.78 Å². The number of hydrogen-bond donors (Lipinski definition) is 2. The number of carboxylic acid groups (broad SMARTS) is 1. The number of carboxylic acids is 1. The molecular formula is C18H21N3O4S. The quantitative estimate of drug-likeness (QED) is 0.807. The maximum absolute atomic E-state index is 12.4. The summed E-state index contributed by atoms with van der Waals surface area (Å²) >= 11 is 0.976. The van der Waals surface area contributed by atoms with Crippen LogP contribution in [-0.2, 0) is 4.79 Å². The Morgan fingerprint density at radius 2 is 2.19 bits per heavy atom. The van der Waals surface area contributed by atoms with Gasteiger partial charge in [0.15, 0.2) is 5.13 Å². The normalized spacial score (nSPS) is 17.2. The van der Waals surface area contributed by atoms with Crippen molar-refractivity contribution in [2.75, 3.05) is 25.5 Å². The van der Waals surface area contributed by atoms with E-state index in [1.54, 1.807) is 14.0 Å². The van der Waals surface area contributed by atoms with Crippen molar-refractivity contribution in [3.63, 3.8) is 0 Å². The van der Waals surface area contributed by atoms with Gasteiger partial charge in [0.2, 0.25) is 5.91 Å². The van der Waals surface area contributed by atoms with E-state index < -0.39 is 5.97 Å². The Bertz CT molecular complexity index is 821. The number of aryl methyl sites for hydroxylation is 1. The number of para-hydroxylation sites is 1. The van der Waals surface area contributed by atoms with Crippen molar-refractivity contribution in [1.82, 2.24) is 9.88 Å². The molecule has 0 saturated carbocycles. The van der Waals surface area contributed by atoms with E-state index in [-0.39, 0.29) is 23.4 Å². The van der Waals surface area contributed by atoms with Crippen LogP contribution in [0.1, 0.15) is 39.8 Å². The second kappa shape index (κ2) is 7.84. The zero-order valence-electron chi connectivity index (χ0n) is 14.7. The molecule has 8 heteroatoms. The zero-order chi connectivity index (χ0) is 18.7. The number of carbonyl (C=O) groups is 2. The number of thiazole rings is 1. The molecule has 26 heavy (non-hydrogen) atoms. The molecule has 1 atom stereocenters. The number of methoxy groups -OCH3 is 1. The summed E-state index contributed by atoms with van der Waals surface area (Å²) in [5.41, 5.74) is 1.49. The highest BCUT2D eigenvalue weighted by Crippen LogP contribution is 2.36. The molecule has 1 amide bonds. The summed E-state index contributed by atoms with van der Waals surface area (Å²) < 4.78 is 5.45. The largest absolute Gasteiger partial charge is 0.496 e. The Morgan fingerprint density at radius 1 is 1.42 bits per heavy atom. The van der Waals surface area contributed by atoms with Crippen LogP contribution >= 0.6 is 11.3 Å². The lowest BCUT2D eigenvalue weighted by atomic mass is 10.0. The van der Waals surface area contributed by atoms with E-state index in [1.807, 2.05) is 24.3 Å². The van der Waals surface area contributed by atoms with Gasteiger partial charge in [-0.15, -0.1) is 0 Å². The first-order valence-electron chi connectivity index (χ1n) is 8.37. The number of nitrogens with zero attached hydrogens (tertiary/aromatic N) is 2. The van der Waals surface area contributed by atoms with Crippen LogP contribution in [0.3, 0.4) is 0 Å². The monoisotopic (exact) mass is 375 g/mol. The molecule has 1 aliphatic rings. The van der Waals surface area contributed by atoms with E-state index in [4.69, 9.17) is 9.84 Å². The predicted molar refractivity (Wildman–Crippen MR) is 99.0 cm³/mol. The van der Waals surface area contributed by atoms with Crippen molar-refractivity contribution in [3.05, 3.63) is 40.4 Å². The number of hydrogen-bond acceptors (Lipinski definition) is 6. The summed E-state index contributed by atoms with van der Waals surface area (Å²) in [6, 6.07) is 7.99. The van der Waals surface area contributed by atoms with Crippen molar-refractivity contribution < 1.29 is 19.4 Å². The number of nitrogens with one attached hydrogen (secondary N) is 1. The number of rotatable bonds is 6. The predicted octanol–water partition coefficient (Wildman–Crippen LogP) is 2.93. The maximum atomic E-state index is 12.4. The van der Waals surface area contributed by atoms with Crippen molar-refractivity contribution in [3.8, 4) is 5.75 Å². The molecule has 138 valence electrons. The Balaban J connectivity index is 1.68. The molecule has 7 nitrogen and oxygen atoms in total. The third-order valence-electron chi connectivity index (χ3n) is 4.45. The highest BCUT2D eigenvalue weighted by molar-refractivity contribution is 7.17. The lowest BCUT2D eigenvalue weighted by Crippen LogP contribution is -2.33. The molecule has 0 spiro atoms. The van der Waals surface area contributed by atoms with Gasteiger partial charge in [-0.3, -0.25) is 9.69 Å². The van der Waals surface area contributed by atoms with Crippen molar-refractivity contribution in [1.29, 1.82) is 0 Å². The first-order valence-corrected chi connectivity index (χ1v) is 9.18. The Morgan fingerprint density at radius 3 is 2.88 bits per heavy atom. The van der Waals surface area contributed by atoms with Gasteiger partial charge in [-0.1, -0.05) is 29.5 Å². The lowest BCUT2D eigenvalue weighted by Gasteiger charge is -2.25. The molecular weight excluding hydrogens is 354 g/mol. The van der Waals surface area contributed by atoms with Crippen molar-refractivity contribution in [2.24, 2.45) is 0 Å². The van der Waals surface area contributed by atoms with Gasteiger partial charge in [0.1, 0.15) is 10.6 Å². The van der Waals surface area contributed by atoms with Crippen LogP contribution in [-0.4, -0.2) is 47.1 Å². The SMILES string of the molecule is COc1ccccc1[C@H]1CCCN1CC(=O)Nc1nc(C)c(C(=O)O)s1. The Hall–Kier alpha value is -2.45. The third-order valence-corrected chi connectivity index (χ3v) is 5.51. The molecule has 1 aromatic heterocycles. The molecule has 2 aromatic rings. The average Bonchev–Trinajstić information content (AvgIpc) is 3.21. The van der Waals surface area contributed by atoms with Crippen LogP contribution in [0.5, 0.6) is 5.75 Å². The maximum Gasteiger partial charge on any atom is 0.347 e. The molecule has 2 heterocycles. The topological polar surface area (TPSA) is 91.8 Å². The highest BCUT2D eigenvalue weighted by atomic mass is 32.1. The smallest absolute Gasteiger partial charge is 0.347 e. The summed E-state index contributed by atoms with van der Waals surface area (Å²) in [5.74, 6) is -0.403. The lowest BCUT2D eigenvalue weighted by molar-refractivity contribution is -0.117. The number of aromatic nitrogens is 1. The van der Waals surface area contributed by atoms with E-state index in [0.29, 0.717) is 10.8 Å². The average molecular weight is 375 g/mol. The number of likely N-dealkylation sites (tertiary alicyclic amines) is 1. The van der Waals surface area contributed by atoms with E-state index in [0.717, 1.165) is 42.0 Å². The summed E-state index contributed by atoms with van der Waals surface area (Å²) in [4.78, 5) is 29.9. The second-order valence-electron chi connectivity index (χ2n) is 6.16. The molecule has 0 aliphatic carbocycles. The first kappa shape index (κ1) is 18.3. The van der Waals surface area contributed by atoms with Crippen LogP contribution in [0.15, 0.2) is 24.3 Å². The van der Waals surface area contributed by atoms with Crippen LogP contribution in [0.4, 0.5) is 5.13 Å². The van der Waals surface area contributed by atoms with E-state index in [1.165, 1.54) is 0 Å². The fraction of sp³-hybridized carbons (Fsp3) is 0.389. The number of aromatic carboxylic acids is 1. The number of amides is 1. The molecule has 1 saturated heterocycles. The van der Waals surface area contributed by atoms with Crippen molar-refractivity contribution >= 4 is 28.3 Å². The van der Waals surface area contributed by atoms with E-state index in [9.17, 15) is 9.59 Å². The van der Waals surface area contributed by atoms with Crippen molar-refractivity contribution in [2.45, 2.75) is 25.8 Å². The van der Waals surface area contributed by atoms with Crippen LogP contribution in [0, 0.1) is 6.92 Å². The Labute approximate surface area is 155 Å². The fourth-order valence-corrected chi connectivity index (χ4v) is 4.12. The summed E-state index contributed by atoms with van der Waals surface area (Å²) in [6.07, 6.45) is 1.97. The standard InChI is InChI=1S/C18H21N3O4S/c1-11-16(17(23)24)26-18(19-11)20-15(22)10-21-9-5-7-13(21)12-6-3-4-8-14(12)25-2/h3-4,6,8,13H,5,7,9-10H2,1-2H3,(H,23,24)(H,19,20,22)/t13-/m1/s1. The third kappa shape index (κ3) is 3.86. The summed E-state index contributed by atoms with van der Waals surface area (Å²) in [6.45, 7) is 2.67. The summed E-state index contributed by atoms with van der Waals surface area (Å²) in [5, 5.41) is 12.1. The minimum absolute atomic E-state index is 0.129. The Kier molecular flexibility index (Phi) is 5.53. The van der Waals surface area contributed by atoms with E-state index >= 15 is 0 Å². The van der Waals surface area contributed by atoms with E-state index in [2.05, 4.69) is 15.2 Å². The van der Waals surface area contributed by atoms with Gasteiger partial charge >= 0.3 is 5.97 Å². The zero-order valence-corrected chi connectivity index (χ0v) is 15.5.